The number of hydrogen-bond donors (Lipinski definition) is 2. The molecule has 1 amide bonds. The lowest BCUT2D eigenvalue weighted by molar-refractivity contribution is -0.113. The molecule has 24 heavy (non-hydrogen) atoms. The van der Waals surface area contributed by atoms with Crippen molar-refractivity contribution in [3.05, 3.63) is 41.6 Å². The number of carbonyl (C=O) groups is 1. The minimum absolute atomic E-state index is 0.144. The van der Waals surface area contributed by atoms with E-state index in [2.05, 4.69) is 20.5 Å². The normalized spacial score (nSPS) is 10.6. The maximum absolute atomic E-state index is 12.1. The van der Waals surface area contributed by atoms with Gasteiger partial charge in [0.2, 0.25) is 11.1 Å². The Kier molecular flexibility index (Phi) is 5.07. The van der Waals surface area contributed by atoms with Crippen molar-refractivity contribution in [2.24, 2.45) is 0 Å². The quantitative estimate of drug-likeness (QED) is 0.651. The minimum atomic E-state index is -0.218. The molecule has 0 saturated carbocycles. The van der Waals surface area contributed by atoms with Crippen LogP contribution in [0.15, 0.2) is 46.2 Å². The van der Waals surface area contributed by atoms with E-state index in [0.29, 0.717) is 33.2 Å². The van der Waals surface area contributed by atoms with Crippen LogP contribution in [0.3, 0.4) is 0 Å². The molecule has 0 atom stereocenters. The molecule has 3 rings (SSSR count). The molecule has 124 valence electrons. The molecule has 3 aromatic rings. The number of halogens is 1. The summed E-state index contributed by atoms with van der Waals surface area (Å²) < 4.78 is 10.4. The Hall–Kier alpha value is -2.45. The van der Waals surface area contributed by atoms with Crippen molar-refractivity contribution in [3.63, 3.8) is 0 Å². The summed E-state index contributed by atoms with van der Waals surface area (Å²) >= 11 is 7.14. The lowest BCUT2D eigenvalue weighted by Crippen LogP contribution is -2.14. The molecule has 0 saturated heterocycles. The van der Waals surface area contributed by atoms with Gasteiger partial charge in [-0.1, -0.05) is 23.4 Å². The highest BCUT2D eigenvalue weighted by atomic mass is 35.5. The zero-order valence-electron chi connectivity index (χ0n) is 12.6. The van der Waals surface area contributed by atoms with Crippen molar-refractivity contribution in [2.75, 3.05) is 18.2 Å². The third-order valence-electron chi connectivity index (χ3n) is 2.99. The third kappa shape index (κ3) is 3.90. The average molecular weight is 365 g/mol. The summed E-state index contributed by atoms with van der Waals surface area (Å²) in [5, 5.41) is 10.5. The molecular weight excluding hydrogens is 352 g/mol. The van der Waals surface area contributed by atoms with Crippen LogP contribution in [0.2, 0.25) is 5.02 Å². The summed E-state index contributed by atoms with van der Waals surface area (Å²) in [4.78, 5) is 16.3. The fourth-order valence-corrected chi connectivity index (χ4v) is 2.70. The second-order valence-corrected chi connectivity index (χ2v) is 6.00. The monoisotopic (exact) mass is 364 g/mol. The predicted octanol–water partition coefficient (Wildman–Crippen LogP) is 3.46. The molecule has 9 heteroatoms. The summed E-state index contributed by atoms with van der Waals surface area (Å²) in [6.07, 6.45) is 1.55. The fourth-order valence-electron chi connectivity index (χ4n) is 1.93. The summed E-state index contributed by atoms with van der Waals surface area (Å²) in [5.74, 6) is 1.56. The topological polar surface area (TPSA) is 93.0 Å². The Morgan fingerprint density at radius 1 is 1.46 bits per heavy atom. The summed E-state index contributed by atoms with van der Waals surface area (Å²) in [6, 6.07) is 8.54. The number of methoxy groups -OCH3 is 1. The molecule has 0 aliphatic heterocycles. The number of furan rings is 1. The van der Waals surface area contributed by atoms with E-state index in [9.17, 15) is 4.79 Å². The van der Waals surface area contributed by atoms with Gasteiger partial charge >= 0.3 is 0 Å². The van der Waals surface area contributed by atoms with Crippen LogP contribution in [0, 0.1) is 0 Å². The lowest BCUT2D eigenvalue weighted by Gasteiger charge is -2.09. The van der Waals surface area contributed by atoms with Crippen LogP contribution < -0.4 is 10.1 Å². The molecule has 2 heterocycles. The van der Waals surface area contributed by atoms with E-state index in [0.717, 1.165) is 0 Å². The number of rotatable bonds is 6. The number of nitrogens with zero attached hydrogens (tertiary/aromatic N) is 2. The van der Waals surface area contributed by atoms with E-state index in [1.54, 1.807) is 36.6 Å². The standard InChI is InChI=1S/C15H13ClN4O3S/c1-22-11-5-4-9(16)7-10(11)17-13(21)8-24-15-18-14(19-20-15)12-3-2-6-23-12/h2-7H,8H2,1H3,(H,17,21)(H,18,19,20). The number of ether oxygens (including phenoxy) is 1. The Morgan fingerprint density at radius 3 is 3.08 bits per heavy atom. The number of H-pyrrole nitrogens is 1. The van der Waals surface area contributed by atoms with Gasteiger partial charge in [-0.15, -0.1) is 5.10 Å². The van der Waals surface area contributed by atoms with E-state index >= 15 is 0 Å². The maximum Gasteiger partial charge on any atom is 0.234 e. The van der Waals surface area contributed by atoms with Crippen molar-refractivity contribution >= 4 is 35.0 Å². The molecule has 0 fully saturated rings. The number of thioether (sulfide) groups is 1. The molecule has 7 nitrogen and oxygen atoms in total. The zero-order valence-corrected chi connectivity index (χ0v) is 14.1. The van der Waals surface area contributed by atoms with Crippen molar-refractivity contribution in [1.29, 1.82) is 0 Å². The second-order valence-electron chi connectivity index (χ2n) is 4.63. The molecule has 0 bridgehead atoms. The Bertz CT molecular complexity index is 835. The van der Waals surface area contributed by atoms with Crippen molar-refractivity contribution in [3.8, 4) is 17.3 Å². The van der Waals surface area contributed by atoms with Gasteiger partial charge in [-0.05, 0) is 30.3 Å². The van der Waals surface area contributed by atoms with Crippen LogP contribution in [-0.2, 0) is 4.79 Å². The number of nitrogens with one attached hydrogen (secondary N) is 2. The van der Waals surface area contributed by atoms with E-state index in [4.69, 9.17) is 20.8 Å². The molecule has 2 aromatic heterocycles. The van der Waals surface area contributed by atoms with Crippen LogP contribution in [0.4, 0.5) is 5.69 Å². The van der Waals surface area contributed by atoms with Gasteiger partial charge in [0.25, 0.3) is 0 Å². The average Bonchev–Trinajstić information content (AvgIpc) is 3.24. The Morgan fingerprint density at radius 2 is 2.33 bits per heavy atom. The number of carbonyl (C=O) groups excluding carboxylic acids is 1. The molecule has 0 aliphatic carbocycles. The first-order valence-corrected chi connectivity index (χ1v) is 8.24. The van der Waals surface area contributed by atoms with Gasteiger partial charge in [0.05, 0.1) is 24.8 Å². The third-order valence-corrected chi connectivity index (χ3v) is 4.07. The molecule has 2 N–H and O–H groups in total. The molecule has 0 unspecified atom stereocenters. The van der Waals surface area contributed by atoms with Crippen LogP contribution in [0.25, 0.3) is 11.6 Å². The van der Waals surface area contributed by atoms with Crippen LogP contribution in [0.5, 0.6) is 5.75 Å². The SMILES string of the molecule is COc1ccc(Cl)cc1NC(=O)CSc1n[nH]c(-c2ccco2)n1. The van der Waals surface area contributed by atoms with Gasteiger partial charge in [-0.3, -0.25) is 9.89 Å². The summed E-state index contributed by atoms with van der Waals surface area (Å²) in [6.45, 7) is 0. The van der Waals surface area contributed by atoms with Gasteiger partial charge in [-0.2, -0.15) is 4.98 Å². The smallest absolute Gasteiger partial charge is 0.234 e. The number of hydrogen-bond acceptors (Lipinski definition) is 6. The molecule has 0 spiro atoms. The highest BCUT2D eigenvalue weighted by molar-refractivity contribution is 7.99. The van der Waals surface area contributed by atoms with Crippen molar-refractivity contribution < 1.29 is 13.9 Å². The molecule has 0 aliphatic rings. The van der Waals surface area contributed by atoms with Gasteiger partial charge in [0.15, 0.2) is 11.6 Å². The van der Waals surface area contributed by atoms with Crippen molar-refractivity contribution in [1.82, 2.24) is 15.2 Å². The van der Waals surface area contributed by atoms with Crippen molar-refractivity contribution in [2.45, 2.75) is 5.16 Å². The summed E-state index contributed by atoms with van der Waals surface area (Å²) in [5.41, 5.74) is 0.516. The zero-order chi connectivity index (χ0) is 16.9. The van der Waals surface area contributed by atoms with Crippen LogP contribution in [-0.4, -0.2) is 34.0 Å². The van der Waals surface area contributed by atoms with Gasteiger partial charge in [0.1, 0.15) is 5.75 Å². The van der Waals surface area contributed by atoms with Gasteiger partial charge in [-0.25, -0.2) is 0 Å². The lowest BCUT2D eigenvalue weighted by atomic mass is 10.3. The highest BCUT2D eigenvalue weighted by Gasteiger charge is 2.12. The summed E-state index contributed by atoms with van der Waals surface area (Å²) in [7, 11) is 1.53. The Labute approximate surface area is 146 Å². The van der Waals surface area contributed by atoms with Gasteiger partial charge < -0.3 is 14.5 Å². The molecule has 1 aromatic carbocycles. The van der Waals surface area contributed by atoms with E-state index in [-0.39, 0.29) is 11.7 Å². The molecular formula is C15H13ClN4O3S. The number of anilines is 1. The first-order valence-electron chi connectivity index (χ1n) is 6.88. The van der Waals surface area contributed by atoms with Crippen LogP contribution in [0.1, 0.15) is 0 Å². The number of aromatic nitrogens is 3. The van der Waals surface area contributed by atoms with E-state index < -0.39 is 0 Å². The Balaban J connectivity index is 1.59. The highest BCUT2D eigenvalue weighted by Crippen LogP contribution is 2.28. The van der Waals surface area contributed by atoms with E-state index in [1.807, 2.05) is 0 Å². The first-order chi connectivity index (χ1) is 11.7. The number of benzene rings is 1. The number of amides is 1. The minimum Gasteiger partial charge on any atom is -0.495 e. The first kappa shape index (κ1) is 16.4. The molecule has 0 radical (unpaired) electrons. The largest absolute Gasteiger partial charge is 0.495 e. The van der Waals surface area contributed by atoms with Gasteiger partial charge in [0, 0.05) is 5.02 Å². The number of aromatic amines is 1. The predicted molar refractivity (Wildman–Crippen MR) is 91.4 cm³/mol. The fraction of sp³-hybridized carbons (Fsp3) is 0.133. The maximum atomic E-state index is 12.1. The van der Waals surface area contributed by atoms with E-state index in [1.165, 1.54) is 18.9 Å². The second kappa shape index (κ2) is 7.41. The van der Waals surface area contributed by atoms with Crippen LogP contribution >= 0.6 is 23.4 Å².